The van der Waals surface area contributed by atoms with Crippen LogP contribution in [0.3, 0.4) is 0 Å². The summed E-state index contributed by atoms with van der Waals surface area (Å²) in [5, 5.41) is 33.8. The second kappa shape index (κ2) is 7.18. The third-order valence-corrected chi connectivity index (χ3v) is 1.29. The van der Waals surface area contributed by atoms with E-state index in [-0.39, 0.29) is 22.5 Å². The summed E-state index contributed by atoms with van der Waals surface area (Å²) in [4.78, 5) is 30.5. The molecule has 0 aliphatic rings. The zero-order valence-electron chi connectivity index (χ0n) is 7.19. The van der Waals surface area contributed by atoms with Gasteiger partial charge < -0.3 is 25.9 Å². The van der Waals surface area contributed by atoms with Crippen molar-refractivity contribution in [3.05, 3.63) is 0 Å². The molecule has 0 aliphatic carbocycles. The van der Waals surface area contributed by atoms with Gasteiger partial charge in [0, 0.05) is 0 Å². The Bertz CT molecular complexity index is 234. The molecular weight excluding hydrogens is 256 g/mol. The average Bonchev–Trinajstić information content (AvgIpc) is 1.82. The molecule has 0 radical (unpaired) electrons. The van der Waals surface area contributed by atoms with E-state index in [0.29, 0.717) is 0 Å². The summed E-state index contributed by atoms with van der Waals surface area (Å²) in [6.45, 7) is 0. The molecule has 0 aromatic carbocycles. The Kier molecular flexibility index (Phi) is 9.30. The van der Waals surface area contributed by atoms with Gasteiger partial charge in [0.05, 0.1) is 12.8 Å². The van der Waals surface area contributed by atoms with E-state index in [1.165, 1.54) is 0 Å². The third-order valence-electron chi connectivity index (χ3n) is 1.29. The molecule has 0 unspecified atom stereocenters. The van der Waals surface area contributed by atoms with Crippen molar-refractivity contribution in [2.45, 2.75) is 18.4 Å². The van der Waals surface area contributed by atoms with Gasteiger partial charge in [-0.15, -0.1) is 0 Å². The van der Waals surface area contributed by atoms with Crippen molar-refractivity contribution in [1.82, 2.24) is 0 Å². The number of carboxylic acids is 3. The summed E-state index contributed by atoms with van der Waals surface area (Å²) in [5.41, 5.74) is -2.74. The fraction of sp³-hybridized carbons (Fsp3) is 0.500. The summed E-state index contributed by atoms with van der Waals surface area (Å²) < 4.78 is 0. The van der Waals surface area contributed by atoms with Crippen molar-refractivity contribution in [2.75, 3.05) is 0 Å². The Morgan fingerprint density at radius 2 is 1.20 bits per heavy atom. The van der Waals surface area contributed by atoms with Crippen LogP contribution in [0.4, 0.5) is 0 Å². The first-order valence-electron chi connectivity index (χ1n) is 3.17. The van der Waals surface area contributed by atoms with Crippen LogP contribution >= 0.6 is 0 Å². The van der Waals surface area contributed by atoms with Crippen molar-refractivity contribution in [1.29, 1.82) is 0 Å². The molecule has 88 valence electrons. The minimum atomic E-state index is -2.74. The largest absolute Gasteiger partial charge is 2.00 e. The zero-order valence-corrected chi connectivity index (χ0v) is 8.29. The molecule has 4 N–H and O–H groups in total. The number of aliphatic carboxylic acids is 3. The molecule has 0 saturated carbocycles. The molecule has 8 nitrogen and oxygen atoms in total. The van der Waals surface area contributed by atoms with E-state index in [1.54, 1.807) is 0 Å². The molecule has 0 amide bonds. The molecule has 9 heteroatoms. The Morgan fingerprint density at radius 1 is 0.933 bits per heavy atom. The zero-order chi connectivity index (χ0) is 10.6. The Labute approximate surface area is 94.3 Å². The fourth-order valence-electron chi connectivity index (χ4n) is 0.714. The van der Waals surface area contributed by atoms with Crippen molar-refractivity contribution < 1.29 is 57.4 Å². The number of carboxylic acid groups (broad SMARTS) is 3. The van der Waals surface area contributed by atoms with Crippen LogP contribution in [0.1, 0.15) is 12.8 Å². The molecule has 0 spiro atoms. The van der Waals surface area contributed by atoms with Crippen molar-refractivity contribution in [3.63, 3.8) is 0 Å². The normalized spacial score (nSPS) is 9.40. The molecule has 0 atom stereocenters. The Balaban J connectivity index is -0.000000720. The van der Waals surface area contributed by atoms with Crippen LogP contribution in [0, 0.1) is 0 Å². The first-order chi connectivity index (χ1) is 5.78. The first kappa shape index (κ1) is 19.4. The Morgan fingerprint density at radius 3 is 1.33 bits per heavy atom. The maximum absolute atomic E-state index is 10.3. The van der Waals surface area contributed by atoms with Crippen LogP contribution in [0.15, 0.2) is 0 Å². The number of hydrogen-bond acceptors (Lipinski definition) is 4. The molecule has 0 heterocycles. The van der Waals surface area contributed by atoms with E-state index in [1.807, 2.05) is 0 Å². The minimum absolute atomic E-state index is 0. The smallest absolute Gasteiger partial charge is 2.00 e. The van der Waals surface area contributed by atoms with Gasteiger partial charge in [-0.1, -0.05) is 0 Å². The first-order valence-corrected chi connectivity index (χ1v) is 3.17. The van der Waals surface area contributed by atoms with Crippen LogP contribution in [-0.4, -0.2) is 43.9 Å². The van der Waals surface area contributed by atoms with Crippen molar-refractivity contribution >= 4 is 17.9 Å². The third kappa shape index (κ3) is 6.86. The van der Waals surface area contributed by atoms with Gasteiger partial charge in [0.25, 0.3) is 0 Å². The van der Waals surface area contributed by atoms with E-state index in [0.717, 1.165) is 0 Å². The van der Waals surface area contributed by atoms with Gasteiger partial charge in [0.2, 0.25) is 0 Å². The summed E-state index contributed by atoms with van der Waals surface area (Å²) >= 11 is 0. The number of aliphatic hydroxyl groups is 1. The number of rotatable bonds is 5. The van der Waals surface area contributed by atoms with Crippen LogP contribution in [-0.2, 0) is 36.9 Å². The van der Waals surface area contributed by atoms with Gasteiger partial charge in [-0.3, -0.25) is 9.59 Å². The van der Waals surface area contributed by atoms with Gasteiger partial charge in [-0.25, -0.2) is 4.79 Å². The fourth-order valence-corrected chi connectivity index (χ4v) is 0.714. The summed E-state index contributed by atoms with van der Waals surface area (Å²) in [5.74, 6) is -5.02. The predicted octanol–water partition coefficient (Wildman–Crippen LogP) is -1.37. The number of carbonyl (C=O) groups is 3. The molecule has 0 bridgehead atoms. The van der Waals surface area contributed by atoms with Crippen molar-refractivity contribution in [2.24, 2.45) is 0 Å². The molecule has 0 aliphatic heterocycles. The predicted molar refractivity (Wildman–Crippen MR) is 37.8 cm³/mol. The van der Waals surface area contributed by atoms with Crippen LogP contribution < -0.4 is 0 Å². The van der Waals surface area contributed by atoms with E-state index in [4.69, 9.17) is 20.4 Å². The van der Waals surface area contributed by atoms with E-state index < -0.39 is 36.4 Å². The van der Waals surface area contributed by atoms with Crippen LogP contribution in [0.2, 0.25) is 0 Å². The number of hydrogen-bond donors (Lipinski definition) is 4. The molecule has 0 rings (SSSR count). The maximum Gasteiger partial charge on any atom is 2.00 e. The van der Waals surface area contributed by atoms with E-state index in [2.05, 4.69) is 0 Å². The quantitative estimate of drug-likeness (QED) is 0.445. The van der Waals surface area contributed by atoms with Crippen LogP contribution in [0.25, 0.3) is 0 Å². The standard InChI is InChI=1S/C6H8O7.Fe.O/c7-3(8)1-6(13,5(11)12)2-4(9)10;;/h13H,1-2H2,(H,7,8)(H,9,10)(H,11,12);;/q;+2;-2. The molecule has 0 saturated heterocycles. The van der Waals surface area contributed by atoms with Gasteiger partial charge in [0.1, 0.15) is 0 Å². The van der Waals surface area contributed by atoms with Crippen LogP contribution in [0.5, 0.6) is 0 Å². The van der Waals surface area contributed by atoms with E-state index >= 15 is 0 Å². The molecular formula is C6H8FeO8. The molecule has 15 heavy (non-hydrogen) atoms. The summed E-state index contributed by atoms with van der Waals surface area (Å²) in [7, 11) is 0. The second-order valence-electron chi connectivity index (χ2n) is 2.48. The molecule has 0 aromatic heterocycles. The minimum Gasteiger partial charge on any atom is -2.00 e. The average molecular weight is 264 g/mol. The molecule has 0 fully saturated rings. The van der Waals surface area contributed by atoms with E-state index in [9.17, 15) is 14.4 Å². The summed E-state index contributed by atoms with van der Waals surface area (Å²) in [6, 6.07) is 0. The van der Waals surface area contributed by atoms with Crippen molar-refractivity contribution in [3.8, 4) is 0 Å². The second-order valence-corrected chi connectivity index (χ2v) is 2.48. The van der Waals surface area contributed by atoms with Gasteiger partial charge >= 0.3 is 35.0 Å². The maximum atomic E-state index is 10.3. The topological polar surface area (TPSA) is 161 Å². The molecule has 0 aromatic rings. The van der Waals surface area contributed by atoms with Gasteiger partial charge in [-0.05, 0) is 0 Å². The summed E-state index contributed by atoms with van der Waals surface area (Å²) in [6.07, 6.45) is -2.29. The SMILES string of the molecule is O=C(O)CC(O)(CC(=O)O)C(=O)O.[Fe+2].[O-2]. The van der Waals surface area contributed by atoms with Gasteiger partial charge in [-0.2, -0.15) is 0 Å². The monoisotopic (exact) mass is 264 g/mol. The Hall–Kier alpha value is -1.15. The van der Waals surface area contributed by atoms with Gasteiger partial charge in [0.15, 0.2) is 5.60 Å².